The third-order valence-electron chi connectivity index (χ3n) is 3.70. The maximum atomic E-state index is 5.75. The van der Waals surface area contributed by atoms with Gasteiger partial charge in [0, 0.05) is 12.6 Å². The lowest BCUT2D eigenvalue weighted by atomic mass is 10.1. The van der Waals surface area contributed by atoms with Gasteiger partial charge in [-0.2, -0.15) is 0 Å². The average molecular weight is 264 g/mol. The van der Waals surface area contributed by atoms with E-state index in [1.54, 1.807) is 7.11 Å². The Hall–Kier alpha value is -1.26. The van der Waals surface area contributed by atoms with Crippen molar-refractivity contribution >= 4 is 0 Å². The van der Waals surface area contributed by atoms with Crippen LogP contribution >= 0.6 is 0 Å². The summed E-state index contributed by atoms with van der Waals surface area (Å²) in [6.45, 7) is 3.96. The van der Waals surface area contributed by atoms with E-state index in [0.717, 1.165) is 37.7 Å². The van der Waals surface area contributed by atoms with Gasteiger partial charge in [0.1, 0.15) is 18.1 Å². The van der Waals surface area contributed by atoms with Crippen molar-refractivity contribution in [2.45, 2.75) is 18.9 Å². The number of hydrogen-bond donors (Lipinski definition) is 1. The van der Waals surface area contributed by atoms with Crippen LogP contribution < -0.4 is 14.8 Å². The summed E-state index contributed by atoms with van der Waals surface area (Å²) in [5, 5.41) is 3.39. The molecule has 19 heavy (non-hydrogen) atoms. The predicted octanol–water partition coefficient (Wildman–Crippen LogP) is 1.76. The molecular weight excluding hydrogens is 240 g/mol. The highest BCUT2D eigenvalue weighted by molar-refractivity contribution is 5.31. The van der Waals surface area contributed by atoms with Crippen molar-refractivity contribution in [3.05, 3.63) is 24.3 Å². The lowest BCUT2D eigenvalue weighted by molar-refractivity contribution is 0.165. The lowest BCUT2D eigenvalue weighted by Crippen LogP contribution is -2.42. The van der Waals surface area contributed by atoms with Gasteiger partial charge in [0.2, 0.25) is 0 Å². The summed E-state index contributed by atoms with van der Waals surface area (Å²) >= 11 is 0. The fraction of sp³-hybridized carbons (Fsp3) is 0.600. The minimum atomic E-state index is 0.695. The molecule has 0 atom stereocenters. The number of likely N-dealkylation sites (N-methyl/N-ethyl adjacent to an activating group) is 1. The molecule has 1 aromatic carbocycles. The summed E-state index contributed by atoms with van der Waals surface area (Å²) in [6.07, 6.45) is 2.47. The van der Waals surface area contributed by atoms with Crippen LogP contribution in [0.4, 0.5) is 0 Å². The van der Waals surface area contributed by atoms with Crippen LogP contribution in [0.5, 0.6) is 11.5 Å². The number of hydrogen-bond acceptors (Lipinski definition) is 4. The first kappa shape index (κ1) is 14.2. The first-order chi connectivity index (χ1) is 9.29. The lowest BCUT2D eigenvalue weighted by Gasteiger charge is -2.31. The monoisotopic (exact) mass is 264 g/mol. The smallest absolute Gasteiger partial charge is 0.119 e. The maximum absolute atomic E-state index is 5.75. The third-order valence-corrected chi connectivity index (χ3v) is 3.70. The van der Waals surface area contributed by atoms with Crippen LogP contribution in [0.25, 0.3) is 0 Å². The van der Waals surface area contributed by atoms with Crippen molar-refractivity contribution in [3.8, 4) is 11.5 Å². The first-order valence-corrected chi connectivity index (χ1v) is 6.97. The van der Waals surface area contributed by atoms with Crippen LogP contribution in [0.3, 0.4) is 0 Å². The molecule has 0 aliphatic carbocycles. The SMILES string of the molecule is COc1ccc(OCCN(C)C2CCNCC2)cc1. The van der Waals surface area contributed by atoms with Crippen LogP contribution in [-0.2, 0) is 0 Å². The van der Waals surface area contributed by atoms with Gasteiger partial charge in [0.05, 0.1) is 7.11 Å². The van der Waals surface area contributed by atoms with E-state index in [-0.39, 0.29) is 0 Å². The van der Waals surface area contributed by atoms with Crippen LogP contribution in [-0.4, -0.2) is 51.3 Å². The number of methoxy groups -OCH3 is 1. The molecular formula is C15H24N2O2. The van der Waals surface area contributed by atoms with Gasteiger partial charge in [-0.3, -0.25) is 4.90 Å². The third kappa shape index (κ3) is 4.40. The minimum Gasteiger partial charge on any atom is -0.497 e. The van der Waals surface area contributed by atoms with Gasteiger partial charge >= 0.3 is 0 Å². The molecule has 4 nitrogen and oxygen atoms in total. The van der Waals surface area contributed by atoms with Crippen molar-refractivity contribution < 1.29 is 9.47 Å². The molecule has 1 aliphatic rings. The highest BCUT2D eigenvalue weighted by Gasteiger charge is 2.17. The summed E-state index contributed by atoms with van der Waals surface area (Å²) < 4.78 is 10.9. The number of ether oxygens (including phenoxy) is 2. The molecule has 1 aromatic rings. The van der Waals surface area contributed by atoms with Gasteiger partial charge < -0.3 is 14.8 Å². The molecule has 4 heteroatoms. The standard InChI is InChI=1S/C15H24N2O2/c1-17(13-7-9-16-10-8-13)11-12-19-15-5-3-14(18-2)4-6-15/h3-6,13,16H,7-12H2,1-2H3. The Bertz CT molecular complexity index is 361. The highest BCUT2D eigenvalue weighted by Crippen LogP contribution is 2.17. The summed E-state index contributed by atoms with van der Waals surface area (Å²) in [5.74, 6) is 1.76. The number of nitrogens with one attached hydrogen (secondary N) is 1. The van der Waals surface area contributed by atoms with Gasteiger partial charge in [-0.05, 0) is 57.2 Å². The number of piperidine rings is 1. The van der Waals surface area contributed by atoms with Crippen LogP contribution in [0.1, 0.15) is 12.8 Å². The molecule has 106 valence electrons. The Balaban J connectivity index is 1.69. The second-order valence-corrected chi connectivity index (χ2v) is 4.99. The molecule has 1 N–H and O–H groups in total. The molecule has 0 saturated carbocycles. The molecule has 1 fully saturated rings. The molecule has 2 rings (SSSR count). The molecule has 1 heterocycles. The van der Waals surface area contributed by atoms with Gasteiger partial charge in [0.15, 0.2) is 0 Å². The van der Waals surface area contributed by atoms with E-state index in [9.17, 15) is 0 Å². The van der Waals surface area contributed by atoms with Gasteiger partial charge in [0.25, 0.3) is 0 Å². The van der Waals surface area contributed by atoms with E-state index < -0.39 is 0 Å². The van der Waals surface area contributed by atoms with Crippen LogP contribution in [0.15, 0.2) is 24.3 Å². The van der Waals surface area contributed by atoms with E-state index in [4.69, 9.17) is 9.47 Å². The normalized spacial score (nSPS) is 16.6. The summed E-state index contributed by atoms with van der Waals surface area (Å²) in [4.78, 5) is 2.41. The van der Waals surface area contributed by atoms with E-state index in [1.807, 2.05) is 24.3 Å². The zero-order valence-electron chi connectivity index (χ0n) is 11.9. The molecule has 0 radical (unpaired) electrons. The number of benzene rings is 1. The predicted molar refractivity (Wildman–Crippen MR) is 77.0 cm³/mol. The molecule has 0 spiro atoms. The van der Waals surface area contributed by atoms with Crippen LogP contribution in [0, 0.1) is 0 Å². The average Bonchev–Trinajstić information content (AvgIpc) is 2.49. The number of rotatable bonds is 6. The quantitative estimate of drug-likeness (QED) is 0.849. The van der Waals surface area contributed by atoms with E-state index in [0.29, 0.717) is 6.04 Å². The number of nitrogens with zero attached hydrogens (tertiary/aromatic N) is 1. The van der Waals surface area contributed by atoms with E-state index in [1.165, 1.54) is 12.8 Å². The van der Waals surface area contributed by atoms with E-state index >= 15 is 0 Å². The van der Waals surface area contributed by atoms with Gasteiger partial charge in [-0.15, -0.1) is 0 Å². The summed E-state index contributed by atoms with van der Waals surface area (Å²) in [5.41, 5.74) is 0. The highest BCUT2D eigenvalue weighted by atomic mass is 16.5. The molecule has 1 aliphatic heterocycles. The zero-order chi connectivity index (χ0) is 13.5. The Morgan fingerprint density at radius 3 is 2.42 bits per heavy atom. The zero-order valence-corrected chi connectivity index (χ0v) is 11.9. The minimum absolute atomic E-state index is 0.695. The second kappa shape index (κ2) is 7.36. The molecule has 0 unspecified atom stereocenters. The Morgan fingerprint density at radius 1 is 1.16 bits per heavy atom. The Morgan fingerprint density at radius 2 is 1.79 bits per heavy atom. The topological polar surface area (TPSA) is 33.7 Å². The molecule has 1 saturated heterocycles. The van der Waals surface area contributed by atoms with Gasteiger partial charge in [-0.1, -0.05) is 0 Å². The first-order valence-electron chi connectivity index (χ1n) is 6.97. The van der Waals surface area contributed by atoms with Crippen molar-refractivity contribution in [2.75, 3.05) is 40.4 Å². The maximum Gasteiger partial charge on any atom is 0.119 e. The van der Waals surface area contributed by atoms with Crippen molar-refractivity contribution in [1.82, 2.24) is 10.2 Å². The summed E-state index contributed by atoms with van der Waals surface area (Å²) in [7, 11) is 3.86. The molecule has 0 amide bonds. The summed E-state index contributed by atoms with van der Waals surface area (Å²) in [6, 6.07) is 8.44. The Kier molecular flexibility index (Phi) is 5.48. The molecule has 0 aromatic heterocycles. The Labute approximate surface area is 115 Å². The van der Waals surface area contributed by atoms with Crippen LogP contribution in [0.2, 0.25) is 0 Å². The van der Waals surface area contributed by atoms with Crippen molar-refractivity contribution in [2.24, 2.45) is 0 Å². The van der Waals surface area contributed by atoms with Crippen molar-refractivity contribution in [1.29, 1.82) is 0 Å². The van der Waals surface area contributed by atoms with E-state index in [2.05, 4.69) is 17.3 Å². The largest absolute Gasteiger partial charge is 0.497 e. The molecule has 0 bridgehead atoms. The van der Waals surface area contributed by atoms with Crippen molar-refractivity contribution in [3.63, 3.8) is 0 Å². The fourth-order valence-corrected chi connectivity index (χ4v) is 2.41. The second-order valence-electron chi connectivity index (χ2n) is 4.99. The van der Waals surface area contributed by atoms with Gasteiger partial charge in [-0.25, -0.2) is 0 Å². The fourth-order valence-electron chi connectivity index (χ4n) is 2.41.